The van der Waals surface area contributed by atoms with Crippen molar-refractivity contribution in [1.29, 1.82) is 0 Å². The fourth-order valence-corrected chi connectivity index (χ4v) is 3.68. The predicted octanol–water partition coefficient (Wildman–Crippen LogP) is 3.65. The molecule has 8 heteroatoms. The average Bonchev–Trinajstić information content (AvgIpc) is 3.02. The summed E-state index contributed by atoms with van der Waals surface area (Å²) in [5, 5.41) is 14.5. The molecule has 0 bridgehead atoms. The molecule has 6 nitrogen and oxygen atoms in total. The molecule has 1 aromatic heterocycles. The normalized spacial score (nSPS) is 11.6. The first kappa shape index (κ1) is 18.3. The van der Waals surface area contributed by atoms with Crippen LogP contribution in [0.15, 0.2) is 41.3 Å². The van der Waals surface area contributed by atoms with E-state index in [9.17, 15) is 4.79 Å². The van der Waals surface area contributed by atoms with Crippen LogP contribution >= 0.6 is 23.1 Å². The maximum Gasteiger partial charge on any atom is 0.237 e. The Hall–Kier alpha value is -2.06. The Balaban J connectivity index is 1.95. The number of amides is 1. The van der Waals surface area contributed by atoms with Crippen LogP contribution in [-0.2, 0) is 4.79 Å². The summed E-state index contributed by atoms with van der Waals surface area (Å²) in [5.41, 5.74) is 0.669. The molecule has 1 unspecified atom stereocenters. The highest BCUT2D eigenvalue weighted by Crippen LogP contribution is 2.30. The quantitative estimate of drug-likeness (QED) is 0.522. The van der Waals surface area contributed by atoms with Gasteiger partial charge in [0.2, 0.25) is 11.0 Å². The number of para-hydroxylation sites is 2. The molecule has 128 valence electrons. The number of ether oxygens (including phenoxy) is 1. The highest BCUT2D eigenvalue weighted by atomic mass is 32.2. The molecule has 0 aliphatic carbocycles. The first-order chi connectivity index (χ1) is 11.6. The summed E-state index contributed by atoms with van der Waals surface area (Å²) in [6.07, 6.45) is 1.75. The number of benzene rings is 1. The Morgan fingerprint density at radius 1 is 1.46 bits per heavy atom. The molecule has 24 heavy (non-hydrogen) atoms. The first-order valence-electron chi connectivity index (χ1n) is 7.51. The smallest absolute Gasteiger partial charge is 0.237 e. The third-order valence-corrected chi connectivity index (χ3v) is 4.96. The molecule has 2 aromatic rings. The van der Waals surface area contributed by atoms with Crippen molar-refractivity contribution in [2.45, 2.75) is 23.4 Å². The molecule has 0 fully saturated rings. The van der Waals surface area contributed by atoms with E-state index in [0.717, 1.165) is 4.34 Å². The van der Waals surface area contributed by atoms with Crippen LogP contribution in [0.5, 0.6) is 5.75 Å². The van der Waals surface area contributed by atoms with Crippen LogP contribution in [0, 0.1) is 0 Å². The second-order valence-electron chi connectivity index (χ2n) is 4.72. The second-order valence-corrected chi connectivity index (χ2v) is 7.29. The van der Waals surface area contributed by atoms with Gasteiger partial charge >= 0.3 is 0 Å². The van der Waals surface area contributed by atoms with Crippen LogP contribution in [0.3, 0.4) is 0 Å². The van der Waals surface area contributed by atoms with Crippen LogP contribution in [0.2, 0.25) is 0 Å². The average molecular weight is 364 g/mol. The van der Waals surface area contributed by atoms with Crippen molar-refractivity contribution in [3.8, 4) is 5.75 Å². The molecule has 1 heterocycles. The maximum absolute atomic E-state index is 12.4. The molecular weight excluding hydrogens is 344 g/mol. The number of rotatable bonds is 9. The summed E-state index contributed by atoms with van der Waals surface area (Å²) >= 11 is 2.78. The molecule has 0 aliphatic heterocycles. The Morgan fingerprint density at radius 2 is 2.25 bits per heavy atom. The zero-order valence-electron chi connectivity index (χ0n) is 13.6. The van der Waals surface area contributed by atoms with E-state index in [-0.39, 0.29) is 11.2 Å². The third kappa shape index (κ3) is 5.24. The monoisotopic (exact) mass is 364 g/mol. The van der Waals surface area contributed by atoms with Gasteiger partial charge in [0.15, 0.2) is 4.34 Å². The van der Waals surface area contributed by atoms with Gasteiger partial charge < -0.3 is 15.4 Å². The fourth-order valence-electron chi connectivity index (χ4n) is 1.78. The summed E-state index contributed by atoms with van der Waals surface area (Å²) in [4.78, 5) is 12.4. The van der Waals surface area contributed by atoms with Gasteiger partial charge in [0, 0.05) is 6.54 Å². The van der Waals surface area contributed by atoms with Crippen LogP contribution in [0.4, 0.5) is 10.8 Å². The van der Waals surface area contributed by atoms with Gasteiger partial charge in [-0.15, -0.1) is 16.8 Å². The predicted molar refractivity (Wildman–Crippen MR) is 100 cm³/mol. The van der Waals surface area contributed by atoms with Crippen molar-refractivity contribution >= 4 is 39.8 Å². The fraction of sp³-hybridized carbons (Fsp3) is 0.312. The van der Waals surface area contributed by atoms with Crippen molar-refractivity contribution in [1.82, 2.24) is 10.2 Å². The molecule has 0 aliphatic rings. The van der Waals surface area contributed by atoms with Gasteiger partial charge in [0.25, 0.3) is 0 Å². The molecule has 1 amide bonds. The molecule has 2 rings (SSSR count). The molecule has 0 saturated carbocycles. The summed E-state index contributed by atoms with van der Waals surface area (Å²) in [7, 11) is 0. The third-order valence-electron chi connectivity index (χ3n) is 2.90. The molecule has 2 N–H and O–H groups in total. The molecule has 0 saturated heterocycles. The summed E-state index contributed by atoms with van der Waals surface area (Å²) in [5.74, 6) is 0.556. The standard InChI is InChI=1S/C16H20N4O2S2/c1-4-10-17-15-19-20-16(24-15)23-11(3)14(21)18-12-8-6-7-9-13(12)22-5-2/h4,6-9,11H,1,5,10H2,2-3H3,(H,17,19)(H,18,21). The van der Waals surface area contributed by atoms with Crippen LogP contribution in [0.1, 0.15) is 13.8 Å². The Labute approximate surface area is 149 Å². The zero-order valence-corrected chi connectivity index (χ0v) is 15.2. The minimum absolute atomic E-state index is 0.108. The maximum atomic E-state index is 12.4. The van der Waals surface area contributed by atoms with E-state index in [1.807, 2.05) is 38.1 Å². The molecule has 0 spiro atoms. The molecular formula is C16H20N4O2S2. The van der Waals surface area contributed by atoms with Gasteiger partial charge in [-0.05, 0) is 26.0 Å². The molecule has 0 radical (unpaired) electrons. The van der Waals surface area contributed by atoms with Gasteiger partial charge in [0.05, 0.1) is 17.5 Å². The number of carbonyl (C=O) groups excluding carboxylic acids is 1. The number of nitrogens with one attached hydrogen (secondary N) is 2. The number of hydrogen-bond acceptors (Lipinski definition) is 7. The number of thioether (sulfide) groups is 1. The number of aromatic nitrogens is 2. The summed E-state index contributed by atoms with van der Waals surface area (Å²) < 4.78 is 6.26. The number of carbonyl (C=O) groups is 1. The van der Waals surface area contributed by atoms with E-state index in [1.165, 1.54) is 23.1 Å². The van der Waals surface area contributed by atoms with Gasteiger partial charge in [0.1, 0.15) is 5.75 Å². The summed E-state index contributed by atoms with van der Waals surface area (Å²) in [6, 6.07) is 7.39. The Morgan fingerprint density at radius 3 is 3.00 bits per heavy atom. The van der Waals surface area contributed by atoms with Crippen LogP contribution in [0.25, 0.3) is 0 Å². The number of hydrogen-bond donors (Lipinski definition) is 2. The van der Waals surface area contributed by atoms with Crippen molar-refractivity contribution in [3.63, 3.8) is 0 Å². The lowest BCUT2D eigenvalue weighted by atomic mass is 10.3. The highest BCUT2D eigenvalue weighted by molar-refractivity contribution is 8.02. The highest BCUT2D eigenvalue weighted by Gasteiger charge is 2.18. The zero-order chi connectivity index (χ0) is 17.4. The van der Waals surface area contributed by atoms with Gasteiger partial charge in [-0.3, -0.25) is 4.79 Å². The first-order valence-corrected chi connectivity index (χ1v) is 9.21. The Kier molecular flexibility index (Phi) is 7.07. The van der Waals surface area contributed by atoms with Crippen molar-refractivity contribution in [2.24, 2.45) is 0 Å². The van der Waals surface area contributed by atoms with Crippen molar-refractivity contribution < 1.29 is 9.53 Å². The van der Waals surface area contributed by atoms with Crippen LogP contribution in [-0.4, -0.2) is 34.5 Å². The lowest BCUT2D eigenvalue weighted by Gasteiger charge is -2.13. The van der Waals surface area contributed by atoms with E-state index in [2.05, 4.69) is 27.4 Å². The largest absolute Gasteiger partial charge is 0.492 e. The van der Waals surface area contributed by atoms with Crippen molar-refractivity contribution in [2.75, 3.05) is 23.8 Å². The minimum Gasteiger partial charge on any atom is -0.492 e. The summed E-state index contributed by atoms with van der Waals surface area (Å²) in [6.45, 7) is 8.55. The van der Waals surface area contributed by atoms with E-state index in [0.29, 0.717) is 29.7 Å². The topological polar surface area (TPSA) is 76.1 Å². The Bertz CT molecular complexity index is 690. The lowest BCUT2D eigenvalue weighted by Crippen LogP contribution is -2.22. The lowest BCUT2D eigenvalue weighted by molar-refractivity contribution is -0.115. The van der Waals surface area contributed by atoms with Crippen LogP contribution < -0.4 is 15.4 Å². The minimum atomic E-state index is -0.306. The van der Waals surface area contributed by atoms with Crippen molar-refractivity contribution in [3.05, 3.63) is 36.9 Å². The molecule has 1 aromatic carbocycles. The van der Waals surface area contributed by atoms with E-state index < -0.39 is 0 Å². The van der Waals surface area contributed by atoms with E-state index >= 15 is 0 Å². The van der Waals surface area contributed by atoms with E-state index in [1.54, 1.807) is 6.08 Å². The molecule has 1 atom stereocenters. The SMILES string of the molecule is C=CCNc1nnc(SC(C)C(=O)Nc2ccccc2OCC)s1. The number of nitrogens with zero attached hydrogens (tertiary/aromatic N) is 2. The van der Waals surface area contributed by atoms with E-state index in [4.69, 9.17) is 4.74 Å². The van der Waals surface area contributed by atoms with Gasteiger partial charge in [-0.25, -0.2) is 0 Å². The van der Waals surface area contributed by atoms with Gasteiger partial charge in [-0.2, -0.15) is 0 Å². The second kappa shape index (κ2) is 9.29. The van der Waals surface area contributed by atoms with Gasteiger partial charge in [-0.1, -0.05) is 41.3 Å². The number of anilines is 2.